The van der Waals surface area contributed by atoms with Gasteiger partial charge in [-0.2, -0.15) is 16.8 Å². The van der Waals surface area contributed by atoms with Crippen LogP contribution < -0.4 is 0 Å². The van der Waals surface area contributed by atoms with Gasteiger partial charge in [0.25, 0.3) is 11.3 Å². The number of amides is 1. The second kappa shape index (κ2) is 5.38. The second-order valence-corrected chi connectivity index (χ2v) is 8.52. The summed E-state index contributed by atoms with van der Waals surface area (Å²) >= 11 is -4.06. The average Bonchev–Trinajstić information content (AvgIpc) is 1.90. The van der Waals surface area contributed by atoms with E-state index in [1.807, 2.05) is 0 Å². The summed E-state index contributed by atoms with van der Waals surface area (Å²) in [7, 11) is -18.4. The molecule has 0 saturated carbocycles. The smallest absolute Gasteiger partial charge is 0.450 e. The van der Waals surface area contributed by atoms with Crippen molar-refractivity contribution in [1.82, 2.24) is 7.19 Å². The monoisotopic (exact) mass is 364 g/mol. The highest BCUT2D eigenvalue weighted by Gasteiger charge is 2.51. The van der Waals surface area contributed by atoms with Crippen molar-refractivity contribution in [3.63, 3.8) is 0 Å². The molecule has 5 N–H and O–H groups in total. The third-order valence-electron chi connectivity index (χ3n) is 1.12. The number of hydrogen-bond acceptors (Lipinski definition) is 7. The molecule has 1 atom stereocenters. The fraction of sp³-hybridized carbons (Fsp3) is 0. The summed E-state index contributed by atoms with van der Waals surface area (Å²) in [6.07, 6.45) is -2.85. The Morgan fingerprint density at radius 3 is 1.68 bits per heavy atom. The Labute approximate surface area is 107 Å². The molecule has 1 unspecified atom stereocenters. The van der Waals surface area contributed by atoms with Crippen LogP contribution in [-0.4, -0.2) is 58.3 Å². The highest BCUT2D eigenvalue weighted by molar-refractivity contribution is 8.13. The SMILES string of the molecule is O=C(O)N(P(=O)(O)O)S(=O)(=O)N(S(=O)O)S(=O)(=O)O. The molecular formula is CH5N2O12PS3. The van der Waals surface area contributed by atoms with Crippen LogP contribution in [0.5, 0.6) is 0 Å². The van der Waals surface area contributed by atoms with Crippen LogP contribution in [0.3, 0.4) is 0 Å². The van der Waals surface area contributed by atoms with E-state index in [4.69, 9.17) is 24.0 Å². The van der Waals surface area contributed by atoms with Crippen LogP contribution >= 0.6 is 7.75 Å². The molecule has 0 rings (SSSR count). The first kappa shape index (κ1) is 18.4. The summed E-state index contributed by atoms with van der Waals surface area (Å²) in [6, 6.07) is 0. The van der Waals surface area contributed by atoms with Crippen LogP contribution in [0.4, 0.5) is 4.79 Å². The van der Waals surface area contributed by atoms with E-state index in [-0.39, 0.29) is 0 Å². The van der Waals surface area contributed by atoms with Gasteiger partial charge in [0.15, 0.2) is 0 Å². The van der Waals surface area contributed by atoms with Crippen molar-refractivity contribution >= 4 is 45.6 Å². The third-order valence-corrected chi connectivity index (χ3v) is 7.65. The van der Waals surface area contributed by atoms with Crippen LogP contribution in [0.15, 0.2) is 0 Å². The van der Waals surface area contributed by atoms with Gasteiger partial charge >= 0.3 is 34.4 Å². The first-order valence-corrected chi connectivity index (χ1v) is 8.79. The maximum absolute atomic E-state index is 11.3. The molecule has 0 aliphatic heterocycles. The van der Waals surface area contributed by atoms with E-state index in [0.717, 1.165) is 0 Å². The lowest BCUT2D eigenvalue weighted by Gasteiger charge is -2.22. The molecule has 14 nitrogen and oxygen atoms in total. The van der Waals surface area contributed by atoms with Crippen molar-refractivity contribution in [3.8, 4) is 0 Å². The highest BCUT2D eigenvalue weighted by Crippen LogP contribution is 2.43. The van der Waals surface area contributed by atoms with Gasteiger partial charge in [0, 0.05) is 0 Å². The van der Waals surface area contributed by atoms with Crippen molar-refractivity contribution in [1.29, 1.82) is 0 Å². The van der Waals surface area contributed by atoms with Crippen molar-refractivity contribution in [2.75, 3.05) is 0 Å². The summed E-state index contributed by atoms with van der Waals surface area (Å²) in [4.78, 5) is 27.4. The van der Waals surface area contributed by atoms with Gasteiger partial charge in [-0.05, 0) is 0 Å². The van der Waals surface area contributed by atoms with Crippen molar-refractivity contribution < 1.29 is 54.4 Å². The van der Waals surface area contributed by atoms with Gasteiger partial charge in [-0.1, -0.05) is 4.08 Å². The van der Waals surface area contributed by atoms with Gasteiger partial charge in [-0.15, -0.1) is 0 Å². The van der Waals surface area contributed by atoms with E-state index in [1.54, 1.807) is 0 Å². The van der Waals surface area contributed by atoms with E-state index in [0.29, 0.717) is 0 Å². The zero-order valence-corrected chi connectivity index (χ0v) is 11.5. The molecule has 0 fully saturated rings. The van der Waals surface area contributed by atoms with Crippen LogP contribution in [0, 0.1) is 0 Å². The molecule has 0 heterocycles. The molecular weight excluding hydrogens is 359 g/mol. The van der Waals surface area contributed by atoms with Gasteiger partial charge in [0.2, 0.25) is 0 Å². The van der Waals surface area contributed by atoms with Gasteiger partial charge < -0.3 is 14.9 Å². The Hall–Kier alpha value is -0.650. The fourth-order valence-electron chi connectivity index (χ4n) is 0.688. The quantitative estimate of drug-likeness (QED) is 0.194. The lowest BCUT2D eigenvalue weighted by molar-refractivity contribution is 0.179. The fourth-order valence-corrected chi connectivity index (χ4v) is 5.47. The van der Waals surface area contributed by atoms with Crippen molar-refractivity contribution in [2.24, 2.45) is 0 Å². The number of hydrogen-bond donors (Lipinski definition) is 5. The van der Waals surface area contributed by atoms with E-state index in [1.165, 1.54) is 0 Å². The van der Waals surface area contributed by atoms with Gasteiger partial charge in [0.05, 0.1) is 3.12 Å². The highest BCUT2D eigenvalue weighted by atomic mass is 32.3. The standard InChI is InChI=1S/CH5N2O12PS3/c4-1(5)2(16(6,7)8)18(11,12)3(17(9)10)19(13,14)15/h(H,4,5)(H,9,10)(H2,6,7,8)(H,13,14,15). The van der Waals surface area contributed by atoms with Crippen molar-refractivity contribution in [2.45, 2.75) is 0 Å². The first-order chi connectivity index (χ1) is 8.13. The molecule has 0 aromatic rings. The van der Waals surface area contributed by atoms with Crippen LogP contribution in [-0.2, 0) is 36.3 Å². The summed E-state index contributed by atoms with van der Waals surface area (Å²) in [5, 5.41) is 8.31. The van der Waals surface area contributed by atoms with E-state index >= 15 is 0 Å². The summed E-state index contributed by atoms with van der Waals surface area (Å²) in [5.74, 6) is 0. The average molecular weight is 364 g/mol. The van der Waals surface area contributed by atoms with Gasteiger partial charge in [0.1, 0.15) is 0 Å². The minimum atomic E-state index is -6.26. The molecule has 0 saturated heterocycles. The van der Waals surface area contributed by atoms with Crippen molar-refractivity contribution in [3.05, 3.63) is 0 Å². The molecule has 19 heavy (non-hydrogen) atoms. The Kier molecular flexibility index (Phi) is 5.20. The molecule has 0 aliphatic rings. The summed E-state index contributed by atoms with van der Waals surface area (Å²) in [6.45, 7) is 0. The Morgan fingerprint density at radius 1 is 1.16 bits per heavy atom. The van der Waals surface area contributed by atoms with Crippen LogP contribution in [0.1, 0.15) is 0 Å². The Bertz CT molecular complexity index is 638. The Balaban J connectivity index is 6.31. The van der Waals surface area contributed by atoms with E-state index < -0.39 is 52.8 Å². The maximum Gasteiger partial charge on any atom is 0.450 e. The van der Waals surface area contributed by atoms with Gasteiger partial charge in [-0.25, -0.2) is 13.6 Å². The normalized spacial score (nSPS) is 15.2. The molecule has 0 aromatic heterocycles. The molecule has 0 spiro atoms. The molecule has 0 radical (unpaired) electrons. The number of rotatable bonds is 5. The molecule has 0 aliphatic carbocycles. The van der Waals surface area contributed by atoms with Crippen LogP contribution in [0.25, 0.3) is 0 Å². The molecule has 0 bridgehead atoms. The van der Waals surface area contributed by atoms with E-state index in [2.05, 4.69) is 0 Å². The third kappa shape index (κ3) is 4.16. The second-order valence-electron chi connectivity index (χ2n) is 2.42. The van der Waals surface area contributed by atoms with Crippen LogP contribution in [0.2, 0.25) is 0 Å². The predicted octanol–water partition coefficient (Wildman–Crippen LogP) is -2.45. The molecule has 18 heteroatoms. The lowest BCUT2D eigenvalue weighted by Crippen LogP contribution is -2.47. The maximum atomic E-state index is 11.3. The topological polar surface area (TPSA) is 227 Å². The number of nitrogens with zero attached hydrogens (tertiary/aromatic N) is 2. The zero-order valence-electron chi connectivity index (χ0n) is 8.16. The lowest BCUT2D eigenvalue weighted by atomic mass is 11.3. The predicted molar refractivity (Wildman–Crippen MR) is 55.0 cm³/mol. The largest absolute Gasteiger partial charge is 0.464 e. The summed E-state index contributed by atoms with van der Waals surface area (Å²) in [5.41, 5.74) is 0. The summed E-state index contributed by atoms with van der Waals surface area (Å²) < 4.78 is 78.2. The number of carboxylic acid groups (broad SMARTS) is 1. The molecule has 1 amide bonds. The first-order valence-electron chi connectivity index (χ1n) is 3.36. The van der Waals surface area contributed by atoms with Gasteiger partial charge in [-0.3, -0.25) is 9.11 Å². The number of carbonyl (C=O) groups is 1. The minimum absolute atomic E-state index is 1.71. The zero-order chi connectivity index (χ0) is 15.8. The Morgan fingerprint density at radius 2 is 1.53 bits per heavy atom. The molecule has 0 aromatic carbocycles. The van der Waals surface area contributed by atoms with E-state index in [9.17, 15) is 30.4 Å². The molecule has 114 valence electrons. The minimum Gasteiger partial charge on any atom is -0.464 e.